The highest BCUT2D eigenvalue weighted by Gasteiger charge is 2.54. The lowest BCUT2D eigenvalue weighted by molar-refractivity contribution is -0.202. The number of hydrogen-bond donors (Lipinski definition) is 1. The van der Waals surface area contributed by atoms with Crippen molar-refractivity contribution in [2.75, 3.05) is 19.7 Å². The zero-order chi connectivity index (χ0) is 25.7. The van der Waals surface area contributed by atoms with E-state index in [0.29, 0.717) is 13.0 Å². The first-order chi connectivity index (χ1) is 16.5. The molecule has 2 heterocycles. The monoisotopic (exact) mass is 509 g/mol. The Balaban J connectivity index is 1.86. The first kappa shape index (κ1) is 26.7. The molecule has 2 saturated heterocycles. The van der Waals surface area contributed by atoms with Gasteiger partial charge in [0.05, 0.1) is 4.90 Å². The van der Waals surface area contributed by atoms with Crippen LogP contribution in [-0.4, -0.2) is 61.7 Å². The summed E-state index contributed by atoms with van der Waals surface area (Å²) in [7, 11) is -4.24. The van der Waals surface area contributed by atoms with E-state index >= 15 is 0 Å². The number of nitrogens with one attached hydrogen (secondary N) is 1. The molecule has 0 radical (unpaired) electrons. The summed E-state index contributed by atoms with van der Waals surface area (Å²) < 4.78 is 36.5. The lowest BCUT2D eigenvalue weighted by Crippen LogP contribution is -2.59. The van der Waals surface area contributed by atoms with Gasteiger partial charge in [-0.15, -0.1) is 0 Å². The number of azide groups is 1. The summed E-state index contributed by atoms with van der Waals surface area (Å²) in [5, 5.41) is 3.45. The molecule has 13 heteroatoms. The first-order valence-electron chi connectivity index (χ1n) is 11.4. The second-order valence-corrected chi connectivity index (χ2v) is 11.8. The molecule has 1 N–H and O–H groups in total. The molecule has 2 amide bonds. The number of ether oxygens (including phenoxy) is 2. The fraction of sp³-hybridized carbons (Fsp3) is 0.636. The number of piperidine rings is 1. The lowest BCUT2D eigenvalue weighted by atomic mass is 9.95. The Labute approximate surface area is 204 Å². The van der Waals surface area contributed by atoms with Gasteiger partial charge in [-0.25, -0.2) is 23.5 Å². The number of hydrogen-bond acceptors (Lipinski definition) is 8. The largest absolute Gasteiger partial charge is 0.444 e. The van der Waals surface area contributed by atoms with Crippen LogP contribution in [0.3, 0.4) is 0 Å². The fourth-order valence-electron chi connectivity index (χ4n) is 3.98. The molecule has 2 aliphatic rings. The van der Waals surface area contributed by atoms with Crippen LogP contribution < -0.4 is 5.48 Å². The van der Waals surface area contributed by atoms with Crippen LogP contribution in [0.25, 0.3) is 10.4 Å². The van der Waals surface area contributed by atoms with Gasteiger partial charge in [0.1, 0.15) is 5.60 Å². The van der Waals surface area contributed by atoms with Crippen molar-refractivity contribution in [2.45, 2.75) is 74.4 Å². The van der Waals surface area contributed by atoms with E-state index < -0.39 is 38.5 Å². The number of carbonyl (C=O) groups excluding carboxylic acids is 2. The number of hydroxylamine groups is 1. The van der Waals surface area contributed by atoms with Crippen LogP contribution >= 0.6 is 0 Å². The third-order valence-corrected chi connectivity index (χ3v) is 8.39. The molecule has 0 saturated carbocycles. The smallest absolute Gasteiger partial charge is 0.410 e. The van der Waals surface area contributed by atoms with Gasteiger partial charge in [-0.2, -0.15) is 0 Å². The molecule has 1 atom stereocenters. The molecule has 3 rings (SSSR count). The number of sulfone groups is 1. The number of rotatable bonds is 6. The predicted octanol–water partition coefficient (Wildman–Crippen LogP) is 3.75. The molecule has 2 fully saturated rings. The summed E-state index contributed by atoms with van der Waals surface area (Å²) in [5.74, 6) is -0.824. The molecular formula is C22H31N5O7S. The number of benzene rings is 1. The molecule has 35 heavy (non-hydrogen) atoms. The molecular weight excluding hydrogens is 478 g/mol. The molecule has 0 bridgehead atoms. The predicted molar refractivity (Wildman–Crippen MR) is 125 cm³/mol. The van der Waals surface area contributed by atoms with Crippen molar-refractivity contribution in [1.29, 1.82) is 0 Å². The van der Waals surface area contributed by atoms with Crippen LogP contribution in [0.5, 0.6) is 0 Å². The van der Waals surface area contributed by atoms with Gasteiger partial charge in [0.2, 0.25) is 0 Å². The standard InChI is InChI=1S/C22H31N5O7S/c1-21(2,3)33-20(29)27-13-11-22(12-14-27,19(28)25-34-18-6-4-5-15-32-18)35(30,31)17-9-7-16(8-10-17)24-26-23/h7-10,18H,4-6,11-15H2,1-3H3,(H,25,28). The van der Waals surface area contributed by atoms with Crippen molar-refractivity contribution in [2.24, 2.45) is 5.11 Å². The molecule has 1 aromatic rings. The van der Waals surface area contributed by atoms with E-state index in [2.05, 4.69) is 15.5 Å². The summed E-state index contributed by atoms with van der Waals surface area (Å²) >= 11 is 0. The summed E-state index contributed by atoms with van der Waals surface area (Å²) in [6.07, 6.45) is 0.783. The second kappa shape index (κ2) is 10.8. The highest BCUT2D eigenvalue weighted by Crippen LogP contribution is 2.37. The van der Waals surface area contributed by atoms with E-state index in [4.69, 9.17) is 19.8 Å². The Morgan fingerprint density at radius 2 is 1.86 bits per heavy atom. The van der Waals surface area contributed by atoms with Crippen LogP contribution in [0.2, 0.25) is 0 Å². The lowest BCUT2D eigenvalue weighted by Gasteiger charge is -2.40. The zero-order valence-corrected chi connectivity index (χ0v) is 20.9. The third-order valence-electron chi connectivity index (χ3n) is 5.88. The van der Waals surface area contributed by atoms with Crippen molar-refractivity contribution < 1.29 is 32.3 Å². The van der Waals surface area contributed by atoms with E-state index in [1.54, 1.807) is 20.8 Å². The first-order valence-corrected chi connectivity index (χ1v) is 12.9. The van der Waals surface area contributed by atoms with Crippen molar-refractivity contribution in [3.63, 3.8) is 0 Å². The topological polar surface area (TPSA) is 160 Å². The molecule has 12 nitrogen and oxygen atoms in total. The van der Waals surface area contributed by atoms with E-state index in [9.17, 15) is 18.0 Å². The second-order valence-electron chi connectivity index (χ2n) is 9.49. The van der Waals surface area contributed by atoms with E-state index in [0.717, 1.165) is 12.8 Å². The van der Waals surface area contributed by atoms with Crippen molar-refractivity contribution in [3.05, 3.63) is 34.7 Å². The Morgan fingerprint density at radius 3 is 2.40 bits per heavy atom. The van der Waals surface area contributed by atoms with E-state index in [1.807, 2.05) is 0 Å². The van der Waals surface area contributed by atoms with Gasteiger partial charge in [-0.3, -0.25) is 4.79 Å². The van der Waals surface area contributed by atoms with Gasteiger partial charge in [0.25, 0.3) is 5.91 Å². The number of likely N-dealkylation sites (tertiary alicyclic amines) is 1. The van der Waals surface area contributed by atoms with Crippen molar-refractivity contribution in [1.82, 2.24) is 10.4 Å². The van der Waals surface area contributed by atoms with Gasteiger partial charge in [-0.05, 0) is 64.1 Å². The Bertz CT molecular complexity index is 1060. The van der Waals surface area contributed by atoms with Gasteiger partial charge in [0.15, 0.2) is 20.9 Å². The van der Waals surface area contributed by atoms with E-state index in [-0.39, 0.29) is 36.5 Å². The third kappa shape index (κ3) is 6.23. The highest BCUT2D eigenvalue weighted by molar-refractivity contribution is 7.93. The molecule has 2 aliphatic heterocycles. The van der Waals surface area contributed by atoms with Gasteiger partial charge < -0.3 is 14.4 Å². The minimum Gasteiger partial charge on any atom is -0.444 e. The molecule has 1 unspecified atom stereocenters. The number of nitrogens with zero attached hydrogens (tertiary/aromatic N) is 4. The summed E-state index contributed by atoms with van der Waals surface area (Å²) in [6.45, 7) is 5.70. The molecule has 1 aromatic carbocycles. The van der Waals surface area contributed by atoms with Gasteiger partial charge in [-0.1, -0.05) is 17.2 Å². The molecule has 0 spiro atoms. The average Bonchev–Trinajstić information content (AvgIpc) is 2.82. The van der Waals surface area contributed by atoms with Gasteiger partial charge in [0, 0.05) is 36.7 Å². The van der Waals surface area contributed by atoms with Crippen molar-refractivity contribution >= 4 is 27.5 Å². The van der Waals surface area contributed by atoms with Crippen LogP contribution in [0.4, 0.5) is 10.5 Å². The summed E-state index contributed by atoms with van der Waals surface area (Å²) in [5.41, 5.74) is 10.4. The quantitative estimate of drug-likeness (QED) is 0.264. The molecule has 0 aromatic heterocycles. The molecule has 0 aliphatic carbocycles. The maximum Gasteiger partial charge on any atom is 0.410 e. The van der Waals surface area contributed by atoms with Crippen LogP contribution in [-0.2, 0) is 28.9 Å². The molecule has 192 valence electrons. The van der Waals surface area contributed by atoms with E-state index in [1.165, 1.54) is 29.2 Å². The normalized spacial score (nSPS) is 20.4. The Morgan fingerprint density at radius 1 is 1.20 bits per heavy atom. The minimum absolute atomic E-state index is 0.00169. The fourth-order valence-corrected chi connectivity index (χ4v) is 5.93. The Hall–Kier alpha value is -2.86. The SMILES string of the molecule is CC(C)(C)OC(=O)N1CCC(C(=O)NOC2CCCCO2)(S(=O)(=O)c2ccc(N=[N+]=[N-])cc2)CC1. The van der Waals surface area contributed by atoms with Crippen LogP contribution in [0.1, 0.15) is 52.9 Å². The number of amides is 2. The summed E-state index contributed by atoms with van der Waals surface area (Å²) in [6, 6.07) is 5.31. The highest BCUT2D eigenvalue weighted by atomic mass is 32.2. The maximum atomic E-state index is 13.8. The summed E-state index contributed by atoms with van der Waals surface area (Å²) in [4.78, 5) is 35.3. The zero-order valence-electron chi connectivity index (χ0n) is 20.1. The Kier molecular flexibility index (Phi) is 8.26. The number of carbonyl (C=O) groups is 2. The average molecular weight is 510 g/mol. The van der Waals surface area contributed by atoms with Crippen LogP contribution in [0, 0.1) is 0 Å². The minimum atomic E-state index is -4.24. The van der Waals surface area contributed by atoms with Crippen LogP contribution in [0.15, 0.2) is 34.3 Å². The van der Waals surface area contributed by atoms with Gasteiger partial charge >= 0.3 is 6.09 Å². The van der Waals surface area contributed by atoms with Crippen molar-refractivity contribution in [3.8, 4) is 0 Å². The maximum absolute atomic E-state index is 13.8.